The molecule has 4 heterocycles. The Balaban J connectivity index is 1.14. The molecule has 0 amide bonds. The first-order chi connectivity index (χ1) is 28.3. The maximum Gasteiger partial charge on any atom is 0.164 e. The van der Waals surface area contributed by atoms with E-state index in [1.165, 1.54) is 47.5 Å². The molecule has 0 aliphatic carbocycles. The number of nitrogens with zero attached hydrogens (tertiary/aromatic N) is 5. The number of fused-ring (bicyclic) bond motifs is 10. The average Bonchev–Trinajstić information content (AvgIpc) is 3.95. The molecule has 0 bridgehead atoms. The van der Waals surface area contributed by atoms with Crippen LogP contribution in [0.15, 0.2) is 188 Å². The van der Waals surface area contributed by atoms with Crippen LogP contribution < -0.4 is 0 Å². The highest BCUT2D eigenvalue weighted by atomic mass is 32.1. The van der Waals surface area contributed by atoms with Gasteiger partial charge in [0.25, 0.3) is 0 Å². The zero-order valence-corrected chi connectivity index (χ0v) is 31.4. The summed E-state index contributed by atoms with van der Waals surface area (Å²) in [6.45, 7) is 0. The number of benzene rings is 8. The van der Waals surface area contributed by atoms with E-state index in [-0.39, 0.29) is 0 Å². The third-order valence-corrected chi connectivity index (χ3v) is 12.4. The zero-order chi connectivity index (χ0) is 37.5. The lowest BCUT2D eigenvalue weighted by molar-refractivity contribution is 1.08. The van der Waals surface area contributed by atoms with E-state index in [0.717, 1.165) is 44.4 Å². The van der Waals surface area contributed by atoms with Crippen LogP contribution in [0, 0.1) is 0 Å². The third-order valence-electron chi connectivity index (χ3n) is 11.2. The molecule has 12 aromatic rings. The Labute approximate surface area is 331 Å². The van der Waals surface area contributed by atoms with E-state index in [0.29, 0.717) is 17.5 Å². The topological polar surface area (TPSA) is 48.5 Å². The molecule has 8 aromatic carbocycles. The molecule has 0 saturated heterocycles. The van der Waals surface area contributed by atoms with Crippen molar-refractivity contribution in [3.05, 3.63) is 188 Å². The van der Waals surface area contributed by atoms with E-state index >= 15 is 0 Å². The molecule has 0 saturated carbocycles. The fourth-order valence-electron chi connectivity index (χ4n) is 8.67. The van der Waals surface area contributed by atoms with Gasteiger partial charge in [0.1, 0.15) is 0 Å². The standard InChI is InChI=1S/C51H31N5S/c1-4-15-32(16-5-1)49-52-50(33-17-6-2-7-18-33)54-51(53-49)40-23-14-26-44-46(40)39-29-28-38-41-31-35(55-42-24-12-10-21-36(42)37-22-11-13-25-43(37)55)27-30-45(41)57-48(38)47(39)56(44)34-19-8-3-9-20-34/h1-31H. The average molecular weight is 746 g/mol. The smallest absolute Gasteiger partial charge is 0.164 e. The van der Waals surface area contributed by atoms with E-state index in [1.807, 2.05) is 47.7 Å². The first kappa shape index (κ1) is 31.9. The van der Waals surface area contributed by atoms with Gasteiger partial charge in [0.15, 0.2) is 17.5 Å². The summed E-state index contributed by atoms with van der Waals surface area (Å²) in [4.78, 5) is 15.4. The highest BCUT2D eigenvalue weighted by Crippen LogP contribution is 2.46. The normalized spacial score (nSPS) is 11.9. The molecule has 0 N–H and O–H groups in total. The van der Waals surface area contributed by atoms with Gasteiger partial charge < -0.3 is 9.13 Å². The summed E-state index contributed by atoms with van der Waals surface area (Å²) in [5.74, 6) is 1.94. The van der Waals surface area contributed by atoms with Crippen LogP contribution in [0.25, 0.3) is 109 Å². The summed E-state index contributed by atoms with van der Waals surface area (Å²) >= 11 is 1.86. The van der Waals surface area contributed by atoms with Gasteiger partial charge in [0.05, 0.1) is 26.8 Å². The molecule has 266 valence electrons. The van der Waals surface area contributed by atoms with Crippen molar-refractivity contribution in [2.24, 2.45) is 0 Å². The van der Waals surface area contributed by atoms with Crippen LogP contribution in [0.5, 0.6) is 0 Å². The highest BCUT2D eigenvalue weighted by molar-refractivity contribution is 7.26. The van der Waals surface area contributed by atoms with Crippen LogP contribution in [0.4, 0.5) is 0 Å². The van der Waals surface area contributed by atoms with E-state index in [4.69, 9.17) is 15.0 Å². The van der Waals surface area contributed by atoms with Gasteiger partial charge in [0, 0.05) is 65.1 Å². The number of thiophene rings is 1. The molecule has 6 heteroatoms. The fourth-order valence-corrected chi connectivity index (χ4v) is 9.89. The fraction of sp³-hybridized carbons (Fsp3) is 0. The maximum absolute atomic E-state index is 5.18. The largest absolute Gasteiger partial charge is 0.309 e. The molecule has 0 radical (unpaired) electrons. The van der Waals surface area contributed by atoms with Gasteiger partial charge in [-0.3, -0.25) is 0 Å². The Morgan fingerprint density at radius 1 is 0.368 bits per heavy atom. The molecular weight excluding hydrogens is 715 g/mol. The van der Waals surface area contributed by atoms with E-state index in [1.54, 1.807) is 0 Å². The minimum Gasteiger partial charge on any atom is -0.309 e. The van der Waals surface area contributed by atoms with E-state index in [9.17, 15) is 0 Å². The number of hydrogen-bond acceptors (Lipinski definition) is 4. The van der Waals surface area contributed by atoms with Gasteiger partial charge in [-0.15, -0.1) is 11.3 Å². The Morgan fingerprint density at radius 3 is 1.60 bits per heavy atom. The second-order valence-electron chi connectivity index (χ2n) is 14.4. The number of rotatable bonds is 5. The van der Waals surface area contributed by atoms with Crippen molar-refractivity contribution in [3.63, 3.8) is 0 Å². The predicted molar refractivity (Wildman–Crippen MR) is 238 cm³/mol. The van der Waals surface area contributed by atoms with E-state index < -0.39 is 0 Å². The number of hydrogen-bond donors (Lipinski definition) is 0. The Hall–Kier alpha value is -7.41. The van der Waals surface area contributed by atoms with Crippen molar-refractivity contribution in [2.75, 3.05) is 0 Å². The second kappa shape index (κ2) is 12.6. The summed E-state index contributed by atoms with van der Waals surface area (Å²) < 4.78 is 7.33. The second-order valence-corrected chi connectivity index (χ2v) is 15.5. The molecule has 0 fully saturated rings. The molecule has 5 nitrogen and oxygen atoms in total. The van der Waals surface area contributed by atoms with Crippen molar-refractivity contribution in [2.45, 2.75) is 0 Å². The van der Waals surface area contributed by atoms with Crippen molar-refractivity contribution in [1.29, 1.82) is 0 Å². The predicted octanol–water partition coefficient (Wildman–Crippen LogP) is 13.4. The molecule has 12 rings (SSSR count). The molecule has 0 atom stereocenters. The van der Waals surface area contributed by atoms with Gasteiger partial charge in [-0.05, 0) is 48.5 Å². The SMILES string of the molecule is c1ccc(-c2nc(-c3ccccc3)nc(-c3cccc4c3c3ccc5c6cc(-n7c8ccccc8c8ccccc87)ccc6sc5c3n4-c3ccccc3)n2)cc1. The Bertz CT molecular complexity index is 3400. The lowest BCUT2D eigenvalue weighted by Gasteiger charge is -2.10. The lowest BCUT2D eigenvalue weighted by atomic mass is 10.0. The first-order valence-corrected chi connectivity index (χ1v) is 19.9. The van der Waals surface area contributed by atoms with Gasteiger partial charge >= 0.3 is 0 Å². The summed E-state index contributed by atoms with van der Waals surface area (Å²) in [7, 11) is 0. The minimum atomic E-state index is 0.646. The van der Waals surface area contributed by atoms with Crippen LogP contribution in [0.1, 0.15) is 0 Å². The molecule has 0 unspecified atom stereocenters. The van der Waals surface area contributed by atoms with Crippen molar-refractivity contribution >= 4 is 75.1 Å². The van der Waals surface area contributed by atoms with Crippen LogP contribution >= 0.6 is 11.3 Å². The van der Waals surface area contributed by atoms with Crippen LogP contribution in [0.3, 0.4) is 0 Å². The van der Waals surface area contributed by atoms with Crippen molar-refractivity contribution in [1.82, 2.24) is 24.1 Å². The lowest BCUT2D eigenvalue weighted by Crippen LogP contribution is -2.00. The Morgan fingerprint density at radius 2 is 0.930 bits per heavy atom. The van der Waals surface area contributed by atoms with Crippen molar-refractivity contribution < 1.29 is 0 Å². The number of aromatic nitrogens is 5. The zero-order valence-electron chi connectivity index (χ0n) is 30.5. The third kappa shape index (κ3) is 4.91. The first-order valence-electron chi connectivity index (χ1n) is 19.1. The highest BCUT2D eigenvalue weighted by Gasteiger charge is 2.23. The summed E-state index contributed by atoms with van der Waals surface area (Å²) in [5, 5.41) is 7.29. The molecule has 4 aromatic heterocycles. The monoisotopic (exact) mass is 745 g/mol. The van der Waals surface area contributed by atoms with E-state index in [2.05, 4.69) is 161 Å². The molecule has 0 aliphatic heterocycles. The van der Waals surface area contributed by atoms with Gasteiger partial charge in [0.2, 0.25) is 0 Å². The van der Waals surface area contributed by atoms with Gasteiger partial charge in [-0.2, -0.15) is 0 Å². The summed E-state index contributed by atoms with van der Waals surface area (Å²) in [5.41, 5.74) is 9.84. The minimum absolute atomic E-state index is 0.646. The quantitative estimate of drug-likeness (QED) is 0.176. The van der Waals surface area contributed by atoms with Gasteiger partial charge in [-0.25, -0.2) is 15.0 Å². The number of para-hydroxylation sites is 3. The van der Waals surface area contributed by atoms with Crippen molar-refractivity contribution in [3.8, 4) is 45.5 Å². The molecule has 0 spiro atoms. The molecule has 57 heavy (non-hydrogen) atoms. The summed E-state index contributed by atoms with van der Waals surface area (Å²) in [6.07, 6.45) is 0. The van der Waals surface area contributed by atoms with Crippen LogP contribution in [-0.4, -0.2) is 24.1 Å². The van der Waals surface area contributed by atoms with Crippen LogP contribution in [-0.2, 0) is 0 Å². The Kier molecular flexibility index (Phi) is 7.03. The molecule has 0 aliphatic rings. The maximum atomic E-state index is 5.18. The van der Waals surface area contributed by atoms with Crippen LogP contribution in [0.2, 0.25) is 0 Å². The summed E-state index contributed by atoms with van der Waals surface area (Å²) in [6, 6.07) is 66.6. The van der Waals surface area contributed by atoms with Gasteiger partial charge in [-0.1, -0.05) is 140 Å². The molecular formula is C51H31N5S.